The summed E-state index contributed by atoms with van der Waals surface area (Å²) in [7, 11) is 0. The van der Waals surface area contributed by atoms with Crippen LogP contribution in [0.5, 0.6) is 0 Å². The number of rotatable bonds is 1. The summed E-state index contributed by atoms with van der Waals surface area (Å²) in [6, 6.07) is 8.45. The van der Waals surface area contributed by atoms with Crippen molar-refractivity contribution in [2.24, 2.45) is 10.8 Å². The number of benzene rings is 1. The molecule has 4 bridgehead atoms. The molecule has 5 heteroatoms. The van der Waals surface area contributed by atoms with Crippen molar-refractivity contribution >= 4 is 17.4 Å². The van der Waals surface area contributed by atoms with E-state index in [1.165, 1.54) is 9.80 Å². The van der Waals surface area contributed by atoms with Crippen molar-refractivity contribution < 1.29 is 19.4 Å². The van der Waals surface area contributed by atoms with Gasteiger partial charge in [-0.15, -0.1) is 0 Å². The van der Waals surface area contributed by atoms with Gasteiger partial charge in [0.05, 0.1) is 5.69 Å². The van der Waals surface area contributed by atoms with Gasteiger partial charge in [-0.3, -0.25) is 24.3 Å². The Morgan fingerprint density at radius 1 is 0.960 bits per heavy atom. The SMILES string of the molecule is CC(C)N1C(=O)C2(c3ccccc31)[NH+]1CC3(C)C[NH+]2CC(C)(C1)C3=O. The maximum atomic E-state index is 13.8. The van der Waals surface area contributed by atoms with Gasteiger partial charge in [-0.1, -0.05) is 12.1 Å². The van der Waals surface area contributed by atoms with Crippen molar-refractivity contribution in [3.8, 4) is 0 Å². The summed E-state index contributed by atoms with van der Waals surface area (Å²) in [4.78, 5) is 31.4. The zero-order valence-electron chi connectivity index (χ0n) is 15.5. The van der Waals surface area contributed by atoms with Crippen LogP contribution in [0.2, 0.25) is 0 Å². The lowest BCUT2D eigenvalue weighted by atomic mass is 9.60. The minimum Gasteiger partial charge on any atom is -0.298 e. The number of Topliss-reactive ketones (excluding diaryl/α,β-unsaturated/α-hetero) is 1. The Bertz CT molecular complexity index is 775. The van der Waals surface area contributed by atoms with Crippen LogP contribution in [0.3, 0.4) is 0 Å². The Balaban J connectivity index is 1.74. The van der Waals surface area contributed by atoms with Crippen molar-refractivity contribution in [1.29, 1.82) is 0 Å². The highest BCUT2D eigenvalue weighted by molar-refractivity contribution is 6.06. The molecule has 1 spiro atoms. The number of fused-ring (bicyclic) bond motifs is 1. The maximum absolute atomic E-state index is 13.8. The molecule has 5 aliphatic heterocycles. The molecule has 4 saturated heterocycles. The van der Waals surface area contributed by atoms with E-state index in [2.05, 4.69) is 45.9 Å². The minimum absolute atomic E-state index is 0.138. The lowest BCUT2D eigenvalue weighted by Crippen LogP contribution is -3.48. The van der Waals surface area contributed by atoms with Crippen LogP contribution in [0, 0.1) is 10.8 Å². The van der Waals surface area contributed by atoms with E-state index in [-0.39, 0.29) is 22.8 Å². The second-order valence-electron chi connectivity index (χ2n) is 9.40. The van der Waals surface area contributed by atoms with Gasteiger partial charge in [0.1, 0.15) is 42.6 Å². The number of nitrogens with zero attached hydrogens (tertiary/aromatic N) is 1. The van der Waals surface area contributed by atoms with E-state index < -0.39 is 5.66 Å². The lowest BCUT2D eigenvalue weighted by molar-refractivity contribution is -1.20. The third-order valence-electron chi connectivity index (χ3n) is 7.19. The highest BCUT2D eigenvalue weighted by atomic mass is 16.2. The first-order valence-corrected chi connectivity index (χ1v) is 9.42. The first-order chi connectivity index (χ1) is 11.7. The number of hydrogen-bond acceptors (Lipinski definition) is 2. The molecule has 1 aromatic carbocycles. The van der Waals surface area contributed by atoms with Gasteiger partial charge in [0.15, 0.2) is 5.78 Å². The molecule has 132 valence electrons. The number of ketones is 1. The van der Waals surface area contributed by atoms with Crippen molar-refractivity contribution in [1.82, 2.24) is 0 Å². The summed E-state index contributed by atoms with van der Waals surface area (Å²) in [6.07, 6.45) is 0. The van der Waals surface area contributed by atoms with Crippen LogP contribution in [0.4, 0.5) is 5.69 Å². The van der Waals surface area contributed by atoms with Gasteiger partial charge in [-0.2, -0.15) is 0 Å². The summed E-state index contributed by atoms with van der Waals surface area (Å²) in [5.74, 6) is 0.647. The van der Waals surface area contributed by atoms with E-state index in [4.69, 9.17) is 0 Å². The van der Waals surface area contributed by atoms with Gasteiger partial charge < -0.3 is 0 Å². The Kier molecular flexibility index (Phi) is 2.69. The molecule has 4 fully saturated rings. The number of nitrogens with one attached hydrogen (secondary N) is 2. The fourth-order valence-corrected chi connectivity index (χ4v) is 6.57. The van der Waals surface area contributed by atoms with Gasteiger partial charge >= 0.3 is 11.6 Å². The summed E-state index contributed by atoms with van der Waals surface area (Å²) in [5, 5.41) is 0. The minimum atomic E-state index is -0.555. The van der Waals surface area contributed by atoms with Crippen molar-refractivity contribution in [2.75, 3.05) is 31.1 Å². The van der Waals surface area contributed by atoms with E-state index in [1.54, 1.807) is 0 Å². The Morgan fingerprint density at radius 2 is 1.48 bits per heavy atom. The Hall–Kier alpha value is -1.72. The molecule has 6 rings (SSSR count). The number of piperidine rings is 2. The molecule has 0 aliphatic carbocycles. The van der Waals surface area contributed by atoms with E-state index >= 15 is 0 Å². The third-order valence-corrected chi connectivity index (χ3v) is 7.19. The number of carbonyl (C=O) groups is 2. The molecule has 0 saturated carbocycles. The molecular weight excluding hydrogens is 314 g/mol. The van der Waals surface area contributed by atoms with E-state index in [1.807, 2.05) is 11.0 Å². The summed E-state index contributed by atoms with van der Waals surface area (Å²) >= 11 is 0. The fraction of sp³-hybridized carbons (Fsp3) is 0.600. The standard InChI is InChI=1S/C20H25N3O2/c1-13(2)23-15-8-6-5-7-14(15)20(17(23)25)21-9-18(3)10-22(20)12-19(4,11-21)16(18)24/h5-8,13H,9-12H2,1-4H3/p+2. The van der Waals surface area contributed by atoms with E-state index in [0.29, 0.717) is 5.78 Å². The molecule has 1 aromatic rings. The van der Waals surface area contributed by atoms with Gasteiger partial charge in [-0.05, 0) is 39.8 Å². The molecule has 0 atom stereocenters. The molecule has 25 heavy (non-hydrogen) atoms. The maximum Gasteiger partial charge on any atom is 0.354 e. The number of anilines is 1. The summed E-state index contributed by atoms with van der Waals surface area (Å²) < 4.78 is 0. The van der Waals surface area contributed by atoms with Crippen molar-refractivity contribution in [2.45, 2.75) is 39.4 Å². The largest absolute Gasteiger partial charge is 0.354 e. The highest BCUT2D eigenvalue weighted by Crippen LogP contribution is 2.43. The summed E-state index contributed by atoms with van der Waals surface area (Å²) in [6.45, 7) is 11.5. The normalized spacial score (nSPS) is 44.3. The molecule has 5 heterocycles. The number of quaternary nitrogens is 2. The second-order valence-corrected chi connectivity index (χ2v) is 9.40. The van der Waals surface area contributed by atoms with Crippen LogP contribution in [-0.4, -0.2) is 43.9 Å². The molecule has 5 aliphatic rings. The predicted octanol–water partition coefficient (Wildman–Crippen LogP) is -1.01. The smallest absolute Gasteiger partial charge is 0.298 e. The first kappa shape index (κ1) is 15.5. The Morgan fingerprint density at radius 3 is 2.00 bits per heavy atom. The topological polar surface area (TPSA) is 46.3 Å². The van der Waals surface area contributed by atoms with Crippen LogP contribution < -0.4 is 14.7 Å². The summed E-state index contributed by atoms with van der Waals surface area (Å²) in [5.41, 5.74) is 1.10. The quantitative estimate of drug-likeness (QED) is 0.687. The van der Waals surface area contributed by atoms with Gasteiger partial charge in [0, 0.05) is 6.04 Å². The van der Waals surface area contributed by atoms with Crippen LogP contribution >= 0.6 is 0 Å². The first-order valence-electron chi connectivity index (χ1n) is 9.42. The zero-order valence-corrected chi connectivity index (χ0v) is 15.5. The number of para-hydroxylation sites is 1. The number of carbonyl (C=O) groups excluding carboxylic acids is 2. The van der Waals surface area contributed by atoms with E-state index in [9.17, 15) is 9.59 Å². The average molecular weight is 341 g/mol. The van der Waals surface area contributed by atoms with Gasteiger partial charge in [0.25, 0.3) is 0 Å². The van der Waals surface area contributed by atoms with Gasteiger partial charge in [-0.25, -0.2) is 0 Å². The third kappa shape index (κ3) is 1.53. The highest BCUT2D eigenvalue weighted by Gasteiger charge is 2.79. The van der Waals surface area contributed by atoms with Crippen LogP contribution in [-0.2, 0) is 15.3 Å². The average Bonchev–Trinajstić information content (AvgIpc) is 2.78. The predicted molar refractivity (Wildman–Crippen MR) is 93.4 cm³/mol. The van der Waals surface area contributed by atoms with E-state index in [0.717, 1.165) is 37.4 Å². The molecular formula is C20H27N3O2+2. The van der Waals surface area contributed by atoms with Crippen LogP contribution in [0.15, 0.2) is 24.3 Å². The lowest BCUT2D eigenvalue weighted by Gasteiger charge is -2.61. The molecule has 1 amide bonds. The molecule has 0 radical (unpaired) electrons. The fourth-order valence-electron chi connectivity index (χ4n) is 6.57. The Labute approximate surface area is 148 Å². The van der Waals surface area contributed by atoms with Crippen LogP contribution in [0.1, 0.15) is 33.3 Å². The molecule has 0 aromatic heterocycles. The number of amides is 1. The van der Waals surface area contributed by atoms with Gasteiger partial charge in [0.2, 0.25) is 0 Å². The molecule has 2 N–H and O–H groups in total. The monoisotopic (exact) mass is 341 g/mol. The zero-order chi connectivity index (χ0) is 17.8. The van der Waals surface area contributed by atoms with Crippen molar-refractivity contribution in [3.05, 3.63) is 29.8 Å². The number of hydrogen-bond donors (Lipinski definition) is 2. The van der Waals surface area contributed by atoms with Crippen molar-refractivity contribution in [3.63, 3.8) is 0 Å². The molecule has 0 unspecified atom stereocenters. The second kappa shape index (κ2) is 4.33. The van der Waals surface area contributed by atoms with Crippen LogP contribution in [0.25, 0.3) is 0 Å². The molecule has 5 nitrogen and oxygen atoms in total.